The van der Waals surface area contributed by atoms with Gasteiger partial charge in [0.1, 0.15) is 0 Å². The first-order valence-corrected chi connectivity index (χ1v) is 8.92. The van der Waals surface area contributed by atoms with E-state index in [4.69, 9.17) is 0 Å². The Balaban J connectivity index is 1.87. The third-order valence-electron chi connectivity index (χ3n) is 5.76. The molecule has 4 aromatic carbocycles. The lowest BCUT2D eigenvalue weighted by atomic mass is 9.92. The molecule has 0 N–H and O–H groups in total. The van der Waals surface area contributed by atoms with E-state index in [-0.39, 0.29) is 0 Å². The van der Waals surface area contributed by atoms with E-state index in [1.807, 2.05) is 0 Å². The van der Waals surface area contributed by atoms with Crippen molar-refractivity contribution in [3.05, 3.63) is 97.1 Å². The second kappa shape index (κ2) is 5.32. The van der Waals surface area contributed by atoms with Gasteiger partial charge in [-0.1, -0.05) is 48.6 Å². The first kappa shape index (κ1) is 14.5. The molecule has 0 amide bonds. The van der Waals surface area contributed by atoms with E-state index >= 15 is 0 Å². The molecule has 2 atom stereocenters. The lowest BCUT2D eigenvalue weighted by molar-refractivity contribution is 0.753. The van der Waals surface area contributed by atoms with E-state index in [1.54, 1.807) is 0 Å². The largest absolute Gasteiger partial charge is 0.102 e. The Hall–Kier alpha value is -2.86. The zero-order chi connectivity index (χ0) is 17.0. The number of rotatable bonds is 2. The molecule has 1 aliphatic carbocycles. The third kappa shape index (κ3) is 2.07. The summed E-state index contributed by atoms with van der Waals surface area (Å²) in [5, 5.41) is 7.90. The molecular formula is C25H20. The quantitative estimate of drug-likeness (QED) is 0.273. The fourth-order valence-corrected chi connectivity index (χ4v) is 4.50. The molecule has 0 heteroatoms. The molecule has 0 spiro atoms. The van der Waals surface area contributed by atoms with Crippen LogP contribution < -0.4 is 0 Å². The number of hydrogen-bond acceptors (Lipinski definition) is 0. The van der Waals surface area contributed by atoms with Crippen LogP contribution in [-0.4, -0.2) is 0 Å². The average molecular weight is 320 g/mol. The molecule has 25 heavy (non-hydrogen) atoms. The van der Waals surface area contributed by atoms with Crippen LogP contribution in [0.25, 0.3) is 32.3 Å². The van der Waals surface area contributed by atoms with Crippen molar-refractivity contribution in [1.29, 1.82) is 0 Å². The van der Waals surface area contributed by atoms with Crippen LogP contribution in [0.4, 0.5) is 0 Å². The van der Waals surface area contributed by atoms with Crippen molar-refractivity contribution >= 4 is 32.3 Å². The maximum Gasteiger partial charge on any atom is 0.00332 e. The average Bonchev–Trinajstić information content (AvgIpc) is 3.03. The predicted octanol–water partition coefficient (Wildman–Crippen LogP) is 7.09. The molecule has 0 fully saturated rings. The molecule has 0 aliphatic heterocycles. The molecule has 120 valence electrons. The van der Waals surface area contributed by atoms with Gasteiger partial charge < -0.3 is 0 Å². The summed E-state index contributed by atoms with van der Waals surface area (Å²) in [5.74, 6) is 0.856. The molecule has 0 radical (unpaired) electrons. The maximum atomic E-state index is 4.09. The highest BCUT2D eigenvalue weighted by Crippen LogP contribution is 2.46. The molecule has 0 saturated carbocycles. The van der Waals surface area contributed by atoms with E-state index in [2.05, 4.69) is 86.0 Å². The summed E-state index contributed by atoms with van der Waals surface area (Å²) >= 11 is 0. The van der Waals surface area contributed by atoms with Crippen molar-refractivity contribution in [2.45, 2.75) is 18.3 Å². The Bertz CT molecular complexity index is 1160. The molecule has 4 aromatic rings. The number of fused-ring (bicyclic) bond motifs is 5. The van der Waals surface area contributed by atoms with Gasteiger partial charge in [0.25, 0.3) is 0 Å². The zero-order valence-electron chi connectivity index (χ0n) is 14.2. The Kier molecular flexibility index (Phi) is 3.08. The van der Waals surface area contributed by atoms with Crippen molar-refractivity contribution in [2.75, 3.05) is 0 Å². The summed E-state index contributed by atoms with van der Waals surface area (Å²) in [5.41, 5.74) is 2.87. The summed E-state index contributed by atoms with van der Waals surface area (Å²) in [6.07, 6.45) is 5.28. The molecule has 0 aromatic heterocycles. The van der Waals surface area contributed by atoms with Crippen LogP contribution in [0.1, 0.15) is 29.4 Å². The lowest BCUT2D eigenvalue weighted by Crippen LogP contribution is -1.91. The van der Waals surface area contributed by atoms with Crippen molar-refractivity contribution < 1.29 is 0 Å². The zero-order valence-corrected chi connectivity index (χ0v) is 14.2. The predicted molar refractivity (Wildman–Crippen MR) is 109 cm³/mol. The smallest absolute Gasteiger partial charge is 0.00332 e. The van der Waals surface area contributed by atoms with Crippen LogP contribution >= 0.6 is 0 Å². The van der Waals surface area contributed by atoms with Gasteiger partial charge >= 0.3 is 0 Å². The summed E-state index contributed by atoms with van der Waals surface area (Å²) < 4.78 is 0. The second-order valence-electron chi connectivity index (χ2n) is 7.11. The molecule has 0 bridgehead atoms. The molecule has 0 saturated heterocycles. The summed E-state index contributed by atoms with van der Waals surface area (Å²) in [4.78, 5) is 0. The van der Waals surface area contributed by atoms with E-state index in [0.29, 0.717) is 11.8 Å². The highest BCUT2D eigenvalue weighted by molar-refractivity contribution is 6.06. The normalized spacial score (nSPS) is 19.4. The molecule has 2 unspecified atom stereocenters. The van der Waals surface area contributed by atoms with Gasteiger partial charge in [-0.05, 0) is 74.1 Å². The van der Waals surface area contributed by atoms with Crippen molar-refractivity contribution in [3.8, 4) is 0 Å². The van der Waals surface area contributed by atoms with Crippen LogP contribution in [0.15, 0.2) is 86.0 Å². The van der Waals surface area contributed by atoms with E-state index in [0.717, 1.165) is 6.42 Å². The molecule has 5 rings (SSSR count). The van der Waals surface area contributed by atoms with Gasteiger partial charge in [0, 0.05) is 11.8 Å². The van der Waals surface area contributed by atoms with E-state index < -0.39 is 0 Å². The van der Waals surface area contributed by atoms with Crippen LogP contribution in [0.3, 0.4) is 0 Å². The summed E-state index contributed by atoms with van der Waals surface area (Å²) in [7, 11) is 0. The Morgan fingerprint density at radius 2 is 1.32 bits per heavy atom. The van der Waals surface area contributed by atoms with Gasteiger partial charge in [-0.2, -0.15) is 0 Å². The highest BCUT2D eigenvalue weighted by Gasteiger charge is 2.28. The first-order valence-electron chi connectivity index (χ1n) is 8.92. The van der Waals surface area contributed by atoms with E-state index in [9.17, 15) is 0 Å². The highest BCUT2D eigenvalue weighted by atomic mass is 14.3. The maximum absolute atomic E-state index is 4.09. The molecule has 1 aliphatic rings. The van der Waals surface area contributed by atoms with Gasteiger partial charge in [-0.3, -0.25) is 0 Å². The Morgan fingerprint density at radius 3 is 2.00 bits per heavy atom. The van der Waals surface area contributed by atoms with Crippen molar-refractivity contribution in [2.24, 2.45) is 0 Å². The monoisotopic (exact) mass is 320 g/mol. The van der Waals surface area contributed by atoms with Gasteiger partial charge in [-0.15, -0.1) is 13.2 Å². The molecule has 0 heterocycles. The van der Waals surface area contributed by atoms with Crippen molar-refractivity contribution in [1.82, 2.24) is 0 Å². The van der Waals surface area contributed by atoms with Crippen LogP contribution in [0, 0.1) is 0 Å². The fraction of sp³-hybridized carbons (Fsp3) is 0.120. The number of benzene rings is 4. The van der Waals surface area contributed by atoms with Crippen molar-refractivity contribution in [3.63, 3.8) is 0 Å². The van der Waals surface area contributed by atoms with E-state index in [1.165, 1.54) is 43.4 Å². The first-order chi connectivity index (χ1) is 12.3. The molecule has 0 nitrogen and oxygen atoms in total. The number of hydrogen-bond donors (Lipinski definition) is 0. The van der Waals surface area contributed by atoms with Gasteiger partial charge in [-0.25, -0.2) is 0 Å². The topological polar surface area (TPSA) is 0 Å². The molecular weight excluding hydrogens is 300 g/mol. The minimum atomic E-state index is 0.416. The SMILES string of the molecule is C=CC1CC(C=C)c2c1ccc1cc3cc4ccccc4cc3cc21. The minimum Gasteiger partial charge on any atom is -0.102 e. The summed E-state index contributed by atoms with van der Waals surface area (Å²) in [6, 6.07) is 22.5. The Labute approximate surface area is 148 Å². The van der Waals surface area contributed by atoms with Crippen LogP contribution in [0.2, 0.25) is 0 Å². The van der Waals surface area contributed by atoms with Gasteiger partial charge in [0.2, 0.25) is 0 Å². The van der Waals surface area contributed by atoms with Crippen LogP contribution in [0.5, 0.6) is 0 Å². The lowest BCUT2D eigenvalue weighted by Gasteiger charge is -2.12. The van der Waals surface area contributed by atoms with Gasteiger partial charge in [0.15, 0.2) is 0 Å². The standard InChI is InChI=1S/C25H20/c1-3-16-11-17(4-2)25-23(16)10-9-20-14-21-12-18-7-5-6-8-19(18)13-22(21)15-24(20)25/h3-10,12-17H,1-2,11H2. The van der Waals surface area contributed by atoms with Crippen LogP contribution in [-0.2, 0) is 0 Å². The summed E-state index contributed by atoms with van der Waals surface area (Å²) in [6.45, 7) is 8.13. The Morgan fingerprint density at radius 1 is 0.680 bits per heavy atom. The number of allylic oxidation sites excluding steroid dienone is 2. The van der Waals surface area contributed by atoms with Gasteiger partial charge in [0.05, 0.1) is 0 Å². The fourth-order valence-electron chi connectivity index (χ4n) is 4.50. The second-order valence-corrected chi connectivity index (χ2v) is 7.11. The minimum absolute atomic E-state index is 0.416. The third-order valence-corrected chi connectivity index (χ3v) is 5.76.